The van der Waals surface area contributed by atoms with Gasteiger partial charge in [0.05, 0.1) is 11.2 Å². The Balaban J connectivity index is 1.76. The van der Waals surface area contributed by atoms with Gasteiger partial charge >= 0.3 is 0 Å². The molecule has 0 unspecified atom stereocenters. The predicted octanol–water partition coefficient (Wildman–Crippen LogP) is 3.74. The van der Waals surface area contributed by atoms with Crippen LogP contribution in [0.25, 0.3) is 22.2 Å². The molecule has 0 fully saturated rings. The number of nitrogens with zero attached hydrogens (tertiary/aromatic N) is 3. The van der Waals surface area contributed by atoms with Gasteiger partial charge in [0, 0.05) is 23.2 Å². The molecular formula is C18H13FN4O. The highest BCUT2D eigenvalue weighted by Gasteiger charge is 2.09. The molecule has 5 nitrogen and oxygen atoms in total. The van der Waals surface area contributed by atoms with Crippen LogP contribution in [0.2, 0.25) is 0 Å². The summed E-state index contributed by atoms with van der Waals surface area (Å²) in [6.07, 6.45) is 1.68. The normalized spacial score (nSPS) is 10.9. The number of benzene rings is 2. The van der Waals surface area contributed by atoms with E-state index in [4.69, 9.17) is 4.74 Å². The monoisotopic (exact) mass is 320 g/mol. The lowest BCUT2D eigenvalue weighted by Crippen LogP contribution is -1.98. The van der Waals surface area contributed by atoms with Gasteiger partial charge in [0.2, 0.25) is 0 Å². The molecule has 0 aliphatic heterocycles. The van der Waals surface area contributed by atoms with Crippen LogP contribution in [0.1, 0.15) is 5.69 Å². The molecule has 4 aromatic rings. The van der Waals surface area contributed by atoms with Crippen LogP contribution in [0.5, 0.6) is 5.75 Å². The Morgan fingerprint density at radius 3 is 2.67 bits per heavy atom. The molecule has 2 aromatic heterocycles. The molecule has 0 saturated carbocycles. The Morgan fingerprint density at radius 2 is 1.88 bits per heavy atom. The zero-order valence-electron chi connectivity index (χ0n) is 12.6. The highest BCUT2D eigenvalue weighted by atomic mass is 19.1. The van der Waals surface area contributed by atoms with Gasteiger partial charge in [-0.1, -0.05) is 17.3 Å². The van der Waals surface area contributed by atoms with Gasteiger partial charge in [-0.25, -0.2) is 9.37 Å². The number of para-hydroxylation sites is 1. The van der Waals surface area contributed by atoms with Crippen molar-refractivity contribution in [3.8, 4) is 17.0 Å². The number of pyridine rings is 1. The summed E-state index contributed by atoms with van der Waals surface area (Å²) < 4.78 is 19.1. The minimum atomic E-state index is -0.276. The molecule has 1 N–H and O–H groups in total. The third-order valence-corrected chi connectivity index (χ3v) is 3.66. The lowest BCUT2D eigenvalue weighted by atomic mass is 10.1. The Kier molecular flexibility index (Phi) is 3.63. The van der Waals surface area contributed by atoms with Crippen molar-refractivity contribution < 1.29 is 9.13 Å². The molecule has 0 spiro atoms. The predicted molar refractivity (Wildman–Crippen MR) is 87.9 cm³/mol. The third-order valence-electron chi connectivity index (χ3n) is 3.66. The van der Waals surface area contributed by atoms with Crippen LogP contribution in [0.4, 0.5) is 4.39 Å². The smallest absolute Gasteiger partial charge is 0.134 e. The zero-order chi connectivity index (χ0) is 16.4. The van der Waals surface area contributed by atoms with Crippen LogP contribution in [0, 0.1) is 5.82 Å². The minimum Gasteiger partial charge on any atom is -0.486 e. The largest absolute Gasteiger partial charge is 0.486 e. The van der Waals surface area contributed by atoms with Crippen molar-refractivity contribution in [2.24, 2.45) is 0 Å². The number of halogens is 1. The molecule has 0 amide bonds. The molecular weight excluding hydrogens is 307 g/mol. The third kappa shape index (κ3) is 2.81. The highest BCUT2D eigenvalue weighted by molar-refractivity contribution is 5.87. The Bertz CT molecular complexity index is 968. The maximum absolute atomic E-state index is 13.2. The second kappa shape index (κ2) is 6.08. The van der Waals surface area contributed by atoms with Gasteiger partial charge in [-0.15, -0.1) is 5.10 Å². The topological polar surface area (TPSA) is 63.7 Å². The quantitative estimate of drug-likeness (QED) is 0.622. The second-order valence-electron chi connectivity index (χ2n) is 5.28. The highest BCUT2D eigenvalue weighted by Crippen LogP contribution is 2.30. The molecule has 2 aromatic carbocycles. The van der Waals surface area contributed by atoms with Gasteiger partial charge in [0.25, 0.3) is 0 Å². The molecule has 0 aliphatic carbocycles. The molecule has 4 rings (SSSR count). The number of aromatic amines is 1. The van der Waals surface area contributed by atoms with Gasteiger partial charge in [-0.05, 0) is 36.4 Å². The van der Waals surface area contributed by atoms with Crippen LogP contribution >= 0.6 is 0 Å². The SMILES string of the molecule is Fc1ccc(-c2cc(OCc3c[nH]nn3)c3ccccc3n2)cc1. The van der Waals surface area contributed by atoms with E-state index in [1.165, 1.54) is 12.1 Å². The van der Waals surface area contributed by atoms with Crippen LogP contribution in [0.3, 0.4) is 0 Å². The molecule has 0 aliphatic rings. The van der Waals surface area contributed by atoms with Crippen molar-refractivity contribution in [2.45, 2.75) is 6.61 Å². The average molecular weight is 320 g/mol. The summed E-state index contributed by atoms with van der Waals surface area (Å²) in [6, 6.07) is 15.8. The number of hydrogen-bond donors (Lipinski definition) is 1. The number of H-pyrrole nitrogens is 1. The fourth-order valence-electron chi connectivity index (χ4n) is 2.48. The molecule has 0 saturated heterocycles. The molecule has 6 heteroatoms. The maximum atomic E-state index is 13.2. The molecule has 0 bridgehead atoms. The van der Waals surface area contributed by atoms with Crippen molar-refractivity contribution in [2.75, 3.05) is 0 Å². The zero-order valence-corrected chi connectivity index (χ0v) is 12.6. The molecule has 0 atom stereocenters. The Morgan fingerprint density at radius 1 is 1.04 bits per heavy atom. The Labute approximate surface area is 137 Å². The summed E-state index contributed by atoms with van der Waals surface area (Å²) in [5.41, 5.74) is 3.07. The van der Waals surface area contributed by atoms with E-state index in [0.29, 0.717) is 18.1 Å². The lowest BCUT2D eigenvalue weighted by Gasteiger charge is -2.11. The summed E-state index contributed by atoms with van der Waals surface area (Å²) in [5, 5.41) is 11.1. The van der Waals surface area contributed by atoms with E-state index in [1.54, 1.807) is 18.3 Å². The van der Waals surface area contributed by atoms with Gasteiger partial charge in [-0.3, -0.25) is 5.10 Å². The van der Waals surface area contributed by atoms with Crippen LogP contribution in [-0.4, -0.2) is 20.4 Å². The number of aromatic nitrogens is 4. The number of nitrogens with one attached hydrogen (secondary N) is 1. The summed E-state index contributed by atoms with van der Waals surface area (Å²) in [7, 11) is 0. The molecule has 2 heterocycles. The van der Waals surface area contributed by atoms with E-state index in [0.717, 1.165) is 22.2 Å². The maximum Gasteiger partial charge on any atom is 0.134 e. The second-order valence-corrected chi connectivity index (χ2v) is 5.28. The first-order chi connectivity index (χ1) is 11.8. The number of ether oxygens (including phenoxy) is 1. The molecule has 118 valence electrons. The fourth-order valence-corrected chi connectivity index (χ4v) is 2.48. The Hall–Kier alpha value is -3.28. The number of fused-ring (bicyclic) bond motifs is 1. The van der Waals surface area contributed by atoms with E-state index < -0.39 is 0 Å². The van der Waals surface area contributed by atoms with E-state index in [9.17, 15) is 4.39 Å². The van der Waals surface area contributed by atoms with E-state index in [2.05, 4.69) is 20.4 Å². The lowest BCUT2D eigenvalue weighted by molar-refractivity contribution is 0.305. The van der Waals surface area contributed by atoms with Crippen LogP contribution in [0.15, 0.2) is 60.8 Å². The molecule has 0 radical (unpaired) electrons. The van der Waals surface area contributed by atoms with Crippen LogP contribution in [-0.2, 0) is 6.61 Å². The average Bonchev–Trinajstić information content (AvgIpc) is 3.13. The number of hydrogen-bond acceptors (Lipinski definition) is 4. The van der Waals surface area contributed by atoms with Crippen molar-refractivity contribution >= 4 is 10.9 Å². The van der Waals surface area contributed by atoms with Gasteiger partial charge in [0.15, 0.2) is 0 Å². The first kappa shape index (κ1) is 14.3. The summed E-state index contributed by atoms with van der Waals surface area (Å²) in [6.45, 7) is 0.299. The standard InChI is InChI=1S/C18H13FN4O/c19-13-7-5-12(6-8-13)17-9-18(24-11-14-10-20-23-22-14)15-3-1-2-4-16(15)21-17/h1-10H,11H2,(H,20,22,23). The molecule has 24 heavy (non-hydrogen) atoms. The van der Waals surface area contributed by atoms with E-state index in [1.807, 2.05) is 30.3 Å². The van der Waals surface area contributed by atoms with E-state index in [-0.39, 0.29) is 5.82 Å². The van der Waals surface area contributed by atoms with Crippen molar-refractivity contribution in [3.63, 3.8) is 0 Å². The van der Waals surface area contributed by atoms with Gasteiger partial charge < -0.3 is 4.74 Å². The van der Waals surface area contributed by atoms with Crippen molar-refractivity contribution in [3.05, 3.63) is 72.3 Å². The summed E-state index contributed by atoms with van der Waals surface area (Å²) in [4.78, 5) is 4.64. The first-order valence-corrected chi connectivity index (χ1v) is 7.43. The van der Waals surface area contributed by atoms with Gasteiger partial charge in [-0.2, -0.15) is 0 Å². The fraction of sp³-hybridized carbons (Fsp3) is 0.0556. The minimum absolute atomic E-state index is 0.276. The number of rotatable bonds is 4. The van der Waals surface area contributed by atoms with Gasteiger partial charge in [0.1, 0.15) is 23.9 Å². The van der Waals surface area contributed by atoms with Crippen molar-refractivity contribution in [1.29, 1.82) is 0 Å². The van der Waals surface area contributed by atoms with E-state index >= 15 is 0 Å². The van der Waals surface area contributed by atoms with Crippen LogP contribution < -0.4 is 4.74 Å². The first-order valence-electron chi connectivity index (χ1n) is 7.43. The summed E-state index contributed by atoms with van der Waals surface area (Å²) in [5.74, 6) is 0.421. The summed E-state index contributed by atoms with van der Waals surface area (Å²) >= 11 is 0. The van der Waals surface area contributed by atoms with Crippen molar-refractivity contribution in [1.82, 2.24) is 20.4 Å².